The first-order valence-electron chi connectivity index (χ1n) is 12.9. The highest BCUT2D eigenvalue weighted by atomic mass is 19.1. The summed E-state index contributed by atoms with van der Waals surface area (Å²) in [5.41, 5.74) is 2.56. The number of rotatable bonds is 4. The Hall–Kier alpha value is -5.17. The summed E-state index contributed by atoms with van der Waals surface area (Å²) in [6.45, 7) is 5.04. The average Bonchev–Trinajstić information content (AvgIpc) is 3.38. The average molecular weight is 533 g/mol. The molecule has 0 radical (unpaired) electrons. The number of fused-ring (bicyclic) bond motifs is 1. The van der Waals surface area contributed by atoms with E-state index in [4.69, 9.17) is 4.98 Å². The van der Waals surface area contributed by atoms with E-state index in [1.165, 1.54) is 12.4 Å². The zero-order chi connectivity index (χ0) is 27.8. The van der Waals surface area contributed by atoms with Gasteiger partial charge in [-0.05, 0) is 44.2 Å². The van der Waals surface area contributed by atoms with Gasteiger partial charge in [-0.25, -0.2) is 19.3 Å². The normalized spacial score (nSPS) is 17.1. The number of anilines is 1. The van der Waals surface area contributed by atoms with Crippen LogP contribution in [0.2, 0.25) is 0 Å². The Labute approximate surface area is 230 Å². The van der Waals surface area contributed by atoms with Crippen molar-refractivity contribution in [2.45, 2.75) is 25.9 Å². The minimum absolute atomic E-state index is 0.0680. The summed E-state index contributed by atoms with van der Waals surface area (Å²) in [7, 11) is 0. The lowest BCUT2D eigenvalue weighted by Crippen LogP contribution is -2.58. The Morgan fingerprint density at radius 2 is 1.85 bits per heavy atom. The van der Waals surface area contributed by atoms with Gasteiger partial charge in [0.15, 0.2) is 5.65 Å². The highest BCUT2D eigenvalue weighted by Crippen LogP contribution is 2.39. The number of hydrogen-bond donors (Lipinski definition) is 0. The predicted octanol–water partition coefficient (Wildman–Crippen LogP) is 4.63. The van der Waals surface area contributed by atoms with Crippen molar-refractivity contribution in [3.05, 3.63) is 96.6 Å². The molecule has 5 aromatic rings. The fourth-order valence-electron chi connectivity index (χ4n) is 5.30. The van der Waals surface area contributed by atoms with Crippen LogP contribution in [-0.4, -0.2) is 60.5 Å². The van der Waals surface area contributed by atoms with E-state index in [1.54, 1.807) is 71.8 Å². The summed E-state index contributed by atoms with van der Waals surface area (Å²) in [6.07, 6.45) is 8.07. The lowest BCUT2D eigenvalue weighted by molar-refractivity contribution is 0.0644. The molecule has 198 valence electrons. The third-order valence-electron chi connectivity index (χ3n) is 7.28. The van der Waals surface area contributed by atoms with Gasteiger partial charge in [-0.3, -0.25) is 14.3 Å². The molecule has 0 saturated carbocycles. The van der Waals surface area contributed by atoms with Crippen molar-refractivity contribution in [3.8, 4) is 23.0 Å². The van der Waals surface area contributed by atoms with Crippen LogP contribution in [0.5, 0.6) is 0 Å². The van der Waals surface area contributed by atoms with E-state index in [-0.39, 0.29) is 23.8 Å². The lowest BCUT2D eigenvalue weighted by Gasteiger charge is -2.44. The Morgan fingerprint density at radius 1 is 1.00 bits per heavy atom. The van der Waals surface area contributed by atoms with Gasteiger partial charge in [0.25, 0.3) is 5.91 Å². The molecule has 5 heterocycles. The molecule has 10 heteroatoms. The number of pyridine rings is 2. The summed E-state index contributed by atoms with van der Waals surface area (Å²) in [4.78, 5) is 35.1. The first-order valence-corrected chi connectivity index (χ1v) is 12.9. The molecule has 2 atom stereocenters. The smallest absolute Gasteiger partial charge is 0.255 e. The Balaban J connectivity index is 1.47. The zero-order valence-electron chi connectivity index (χ0n) is 21.9. The van der Waals surface area contributed by atoms with Crippen molar-refractivity contribution < 1.29 is 9.18 Å². The van der Waals surface area contributed by atoms with Gasteiger partial charge >= 0.3 is 0 Å². The first kappa shape index (κ1) is 25.1. The topological polar surface area (TPSA) is 104 Å². The quantitative estimate of drug-likeness (QED) is 0.332. The summed E-state index contributed by atoms with van der Waals surface area (Å²) >= 11 is 0. The predicted molar refractivity (Wildman–Crippen MR) is 148 cm³/mol. The van der Waals surface area contributed by atoms with E-state index < -0.39 is 0 Å². The van der Waals surface area contributed by atoms with E-state index in [9.17, 15) is 10.1 Å². The van der Waals surface area contributed by atoms with E-state index in [0.717, 1.165) is 0 Å². The van der Waals surface area contributed by atoms with Crippen molar-refractivity contribution in [1.29, 1.82) is 5.26 Å². The molecule has 4 aromatic heterocycles. The molecule has 0 aliphatic carbocycles. The fraction of sp³-hybridized carbons (Fsp3) is 0.200. The highest BCUT2D eigenvalue weighted by molar-refractivity contribution is 6.02. The summed E-state index contributed by atoms with van der Waals surface area (Å²) in [6, 6.07) is 15.3. The number of carbonyl (C=O) groups is 1. The van der Waals surface area contributed by atoms with Gasteiger partial charge in [0.2, 0.25) is 0 Å². The van der Waals surface area contributed by atoms with E-state index in [0.29, 0.717) is 58.0 Å². The van der Waals surface area contributed by atoms with Crippen LogP contribution in [-0.2, 0) is 0 Å². The van der Waals surface area contributed by atoms with E-state index >= 15 is 4.39 Å². The summed E-state index contributed by atoms with van der Waals surface area (Å²) in [5, 5.41) is 10.1. The van der Waals surface area contributed by atoms with Gasteiger partial charge in [-0.2, -0.15) is 5.26 Å². The maximum atomic E-state index is 15.2. The van der Waals surface area contributed by atoms with Gasteiger partial charge in [-0.1, -0.05) is 18.2 Å². The number of nitriles is 1. The number of hydrogen-bond acceptors (Lipinski definition) is 7. The minimum atomic E-state index is -0.372. The monoisotopic (exact) mass is 532 g/mol. The molecule has 9 nitrogen and oxygen atoms in total. The number of aromatic nitrogens is 5. The lowest BCUT2D eigenvalue weighted by atomic mass is 10.0. The van der Waals surface area contributed by atoms with Crippen molar-refractivity contribution >= 4 is 22.8 Å². The van der Waals surface area contributed by atoms with Crippen molar-refractivity contribution in [1.82, 2.24) is 29.4 Å². The van der Waals surface area contributed by atoms with Gasteiger partial charge in [0.1, 0.15) is 23.8 Å². The van der Waals surface area contributed by atoms with Crippen molar-refractivity contribution in [2.75, 3.05) is 18.0 Å². The molecular formula is C30H25FN8O. The SMILES string of the molecule is C[C@@H]1CN(c2ncnc3c2c(-c2ccccc2F)cn3-c2cc(C#N)ccn2)[C@@H](C)CN1C(=O)c1cccnc1. The van der Waals surface area contributed by atoms with Crippen LogP contribution in [0.25, 0.3) is 28.0 Å². The van der Waals surface area contributed by atoms with Gasteiger partial charge in [0, 0.05) is 61.1 Å². The maximum Gasteiger partial charge on any atom is 0.255 e. The van der Waals surface area contributed by atoms with Gasteiger partial charge in [-0.15, -0.1) is 0 Å². The molecule has 40 heavy (non-hydrogen) atoms. The molecule has 1 aromatic carbocycles. The summed E-state index contributed by atoms with van der Waals surface area (Å²) in [5.74, 6) is 0.695. The molecule has 0 unspecified atom stereocenters. The van der Waals surface area contributed by atoms with Crippen LogP contribution in [0.1, 0.15) is 29.8 Å². The highest BCUT2D eigenvalue weighted by Gasteiger charge is 2.35. The maximum absolute atomic E-state index is 15.2. The van der Waals surface area contributed by atoms with Crippen LogP contribution in [0.15, 0.2) is 79.6 Å². The molecule has 1 amide bonds. The molecule has 0 bridgehead atoms. The molecule has 1 fully saturated rings. The molecular weight excluding hydrogens is 507 g/mol. The molecule has 6 rings (SSSR count). The second-order valence-corrected chi connectivity index (χ2v) is 9.85. The molecule has 1 aliphatic rings. The van der Waals surface area contributed by atoms with Gasteiger partial charge < -0.3 is 9.80 Å². The number of nitrogens with zero attached hydrogens (tertiary/aromatic N) is 8. The van der Waals surface area contributed by atoms with E-state index in [2.05, 4.69) is 25.9 Å². The number of amides is 1. The number of benzene rings is 1. The third-order valence-corrected chi connectivity index (χ3v) is 7.28. The fourth-order valence-corrected chi connectivity index (χ4v) is 5.30. The Bertz CT molecular complexity index is 1760. The third kappa shape index (κ3) is 4.31. The number of carbonyl (C=O) groups excluding carboxylic acids is 1. The Morgan fingerprint density at radius 3 is 2.62 bits per heavy atom. The zero-order valence-corrected chi connectivity index (χ0v) is 21.9. The van der Waals surface area contributed by atoms with Crippen molar-refractivity contribution in [3.63, 3.8) is 0 Å². The molecule has 0 N–H and O–H groups in total. The van der Waals surface area contributed by atoms with Crippen LogP contribution < -0.4 is 4.90 Å². The summed E-state index contributed by atoms with van der Waals surface area (Å²) < 4.78 is 16.9. The van der Waals surface area contributed by atoms with Gasteiger partial charge in [0.05, 0.1) is 22.6 Å². The largest absolute Gasteiger partial charge is 0.349 e. The molecule has 1 saturated heterocycles. The van der Waals surface area contributed by atoms with Crippen LogP contribution in [0, 0.1) is 17.1 Å². The van der Waals surface area contributed by atoms with Crippen molar-refractivity contribution in [2.24, 2.45) is 0 Å². The standard InChI is InChI=1S/C30H25FN8O/c1-19-16-38(30(40)22-6-5-10-33-14-22)20(2)15-37(19)28-27-24(23-7-3-4-8-25(23)31)17-39(29(27)36-18-35-28)26-12-21(13-32)9-11-34-26/h3-12,14,17-20H,15-16H2,1-2H3/t19-,20+/m0/s1. The number of halogens is 1. The second-order valence-electron chi connectivity index (χ2n) is 9.85. The van der Waals surface area contributed by atoms with Crippen LogP contribution in [0.3, 0.4) is 0 Å². The van der Waals surface area contributed by atoms with E-state index in [1.807, 2.05) is 18.7 Å². The molecule has 1 aliphatic heterocycles. The Kier molecular flexibility index (Phi) is 6.40. The minimum Gasteiger partial charge on any atom is -0.349 e. The molecule has 0 spiro atoms. The van der Waals surface area contributed by atoms with Crippen LogP contribution in [0.4, 0.5) is 10.2 Å². The second kappa shape index (κ2) is 10.2. The van der Waals surface area contributed by atoms with Crippen LogP contribution >= 0.6 is 0 Å². The number of piperazine rings is 1. The first-order chi connectivity index (χ1) is 19.5.